The molecule has 5 rings (SSSR count). The number of carbonyl (C=O) groups excluding carboxylic acids is 2. The zero-order valence-electron chi connectivity index (χ0n) is 19.6. The zero-order valence-corrected chi connectivity index (χ0v) is 19.6. The molecule has 176 valence electrons. The number of anilines is 2. The zero-order chi connectivity index (χ0) is 24.4. The van der Waals surface area contributed by atoms with Crippen molar-refractivity contribution in [3.8, 4) is 11.5 Å². The summed E-state index contributed by atoms with van der Waals surface area (Å²) in [4.78, 5) is 30.4. The van der Waals surface area contributed by atoms with E-state index in [2.05, 4.69) is 22.5 Å². The lowest BCUT2D eigenvalue weighted by Gasteiger charge is -2.18. The second kappa shape index (κ2) is 9.46. The Balaban J connectivity index is 1.32. The van der Waals surface area contributed by atoms with Crippen LogP contribution in [0.4, 0.5) is 11.4 Å². The molecule has 7 heteroatoms. The molecule has 0 atom stereocenters. The van der Waals surface area contributed by atoms with Crippen molar-refractivity contribution in [2.24, 2.45) is 0 Å². The molecule has 2 N–H and O–H groups in total. The highest BCUT2D eigenvalue weighted by molar-refractivity contribution is 6.08. The maximum atomic E-state index is 13.0. The quantitative estimate of drug-likeness (QED) is 0.411. The van der Waals surface area contributed by atoms with Crippen molar-refractivity contribution in [3.05, 3.63) is 89.1 Å². The molecule has 7 nitrogen and oxygen atoms in total. The Morgan fingerprint density at radius 1 is 0.829 bits per heavy atom. The number of hydrogen-bond donors (Lipinski definition) is 2. The van der Waals surface area contributed by atoms with Crippen molar-refractivity contribution in [1.29, 1.82) is 0 Å². The van der Waals surface area contributed by atoms with E-state index in [1.807, 2.05) is 37.3 Å². The first-order valence-corrected chi connectivity index (χ1v) is 11.5. The van der Waals surface area contributed by atoms with Crippen LogP contribution in [0.25, 0.3) is 10.9 Å². The number of hydrogen-bond acceptors (Lipinski definition) is 5. The standard InChI is InChI=1S/C28H25N3O4/c1-3-21-9-5-18-14-19(6-10-23(18)29-21)28(33)31-24-16-22(8-4-17(24)2)30-27(32)20-7-11-25-26(15-20)35-13-12-34-25/h4-11,14-16H,3,12-13H2,1-2H3,(H,30,32)(H,31,33). The predicted molar refractivity (Wildman–Crippen MR) is 136 cm³/mol. The molecule has 1 aromatic heterocycles. The fourth-order valence-corrected chi connectivity index (χ4v) is 3.92. The Kier molecular flexibility index (Phi) is 6.06. The summed E-state index contributed by atoms with van der Waals surface area (Å²) in [5.74, 6) is 0.669. The van der Waals surface area contributed by atoms with Crippen LogP contribution >= 0.6 is 0 Å². The topological polar surface area (TPSA) is 89.6 Å². The second-order valence-electron chi connectivity index (χ2n) is 8.36. The van der Waals surface area contributed by atoms with E-state index >= 15 is 0 Å². The molecule has 3 aromatic carbocycles. The number of ether oxygens (including phenoxy) is 2. The molecule has 0 saturated carbocycles. The van der Waals surface area contributed by atoms with Crippen molar-refractivity contribution >= 4 is 34.1 Å². The molecule has 0 radical (unpaired) electrons. The van der Waals surface area contributed by atoms with Gasteiger partial charge in [-0.2, -0.15) is 0 Å². The van der Waals surface area contributed by atoms with Crippen LogP contribution in [0.2, 0.25) is 0 Å². The maximum absolute atomic E-state index is 13.0. The lowest BCUT2D eigenvalue weighted by Crippen LogP contribution is -2.17. The van der Waals surface area contributed by atoms with E-state index in [0.29, 0.717) is 47.2 Å². The summed E-state index contributed by atoms with van der Waals surface area (Å²) in [6.07, 6.45) is 0.860. The molecular formula is C28H25N3O4. The number of carbonyl (C=O) groups is 2. The van der Waals surface area contributed by atoms with Gasteiger partial charge in [0.25, 0.3) is 11.8 Å². The SMILES string of the molecule is CCc1ccc2cc(C(=O)Nc3cc(NC(=O)c4ccc5c(c4)OCCO5)ccc3C)ccc2n1. The van der Waals surface area contributed by atoms with Crippen LogP contribution in [0.1, 0.15) is 38.9 Å². The van der Waals surface area contributed by atoms with Gasteiger partial charge in [-0.05, 0) is 73.5 Å². The van der Waals surface area contributed by atoms with Crippen molar-refractivity contribution in [1.82, 2.24) is 4.98 Å². The Bertz CT molecular complexity index is 1450. The molecule has 2 heterocycles. The van der Waals surface area contributed by atoms with Crippen LogP contribution in [0.15, 0.2) is 66.7 Å². The normalized spacial score (nSPS) is 12.3. The number of pyridine rings is 1. The molecule has 2 amide bonds. The third-order valence-corrected chi connectivity index (χ3v) is 5.92. The minimum Gasteiger partial charge on any atom is -0.486 e. The third-order valence-electron chi connectivity index (χ3n) is 5.92. The predicted octanol–water partition coefficient (Wildman–Crippen LogP) is 5.38. The number of rotatable bonds is 5. The van der Waals surface area contributed by atoms with E-state index < -0.39 is 0 Å². The molecule has 0 bridgehead atoms. The van der Waals surface area contributed by atoms with Crippen molar-refractivity contribution in [3.63, 3.8) is 0 Å². The van der Waals surface area contributed by atoms with Crippen LogP contribution in [0.5, 0.6) is 11.5 Å². The first-order valence-electron chi connectivity index (χ1n) is 11.5. The van der Waals surface area contributed by atoms with Crippen LogP contribution < -0.4 is 20.1 Å². The highest BCUT2D eigenvalue weighted by atomic mass is 16.6. The number of aromatic nitrogens is 1. The number of benzene rings is 3. The molecular weight excluding hydrogens is 442 g/mol. The van der Waals surface area contributed by atoms with Gasteiger partial charge in [-0.1, -0.05) is 19.1 Å². The van der Waals surface area contributed by atoms with Gasteiger partial charge in [-0.15, -0.1) is 0 Å². The van der Waals surface area contributed by atoms with E-state index in [1.54, 1.807) is 36.4 Å². The average Bonchev–Trinajstić information content (AvgIpc) is 2.89. The lowest BCUT2D eigenvalue weighted by atomic mass is 10.1. The van der Waals surface area contributed by atoms with Gasteiger partial charge in [0.1, 0.15) is 13.2 Å². The van der Waals surface area contributed by atoms with Crippen molar-refractivity contribution in [2.75, 3.05) is 23.8 Å². The molecule has 0 spiro atoms. The first-order chi connectivity index (χ1) is 17.0. The Hall–Kier alpha value is -4.39. The monoisotopic (exact) mass is 467 g/mol. The third kappa shape index (κ3) is 4.80. The highest BCUT2D eigenvalue weighted by Gasteiger charge is 2.16. The van der Waals surface area contributed by atoms with Gasteiger partial charge in [0.15, 0.2) is 11.5 Å². The van der Waals surface area contributed by atoms with Crippen LogP contribution in [-0.2, 0) is 6.42 Å². The number of aryl methyl sites for hydroxylation is 2. The Morgan fingerprint density at radius 3 is 2.40 bits per heavy atom. The summed E-state index contributed by atoms with van der Waals surface area (Å²) in [5.41, 5.74) is 4.94. The summed E-state index contributed by atoms with van der Waals surface area (Å²) in [5, 5.41) is 6.76. The van der Waals surface area contributed by atoms with E-state index in [0.717, 1.165) is 28.6 Å². The van der Waals surface area contributed by atoms with E-state index in [4.69, 9.17) is 9.47 Å². The highest BCUT2D eigenvalue weighted by Crippen LogP contribution is 2.31. The van der Waals surface area contributed by atoms with Crippen LogP contribution in [0, 0.1) is 6.92 Å². The molecule has 0 aliphatic carbocycles. The van der Waals surface area contributed by atoms with Gasteiger partial charge in [-0.3, -0.25) is 14.6 Å². The lowest BCUT2D eigenvalue weighted by molar-refractivity contribution is 0.101. The maximum Gasteiger partial charge on any atom is 0.255 e. The van der Waals surface area contributed by atoms with Crippen LogP contribution in [-0.4, -0.2) is 30.0 Å². The first kappa shape index (κ1) is 22.4. The fourth-order valence-electron chi connectivity index (χ4n) is 3.92. The second-order valence-corrected chi connectivity index (χ2v) is 8.36. The van der Waals surface area contributed by atoms with E-state index in [9.17, 15) is 9.59 Å². The number of nitrogens with zero attached hydrogens (tertiary/aromatic N) is 1. The molecule has 0 unspecified atom stereocenters. The number of nitrogens with one attached hydrogen (secondary N) is 2. The number of amides is 2. The summed E-state index contributed by atoms with van der Waals surface area (Å²) in [7, 11) is 0. The van der Waals surface area contributed by atoms with Gasteiger partial charge in [-0.25, -0.2) is 0 Å². The van der Waals surface area contributed by atoms with Gasteiger partial charge in [0.05, 0.1) is 5.52 Å². The van der Waals surface area contributed by atoms with Crippen molar-refractivity contribution in [2.45, 2.75) is 20.3 Å². The summed E-state index contributed by atoms with van der Waals surface area (Å²) < 4.78 is 11.1. The van der Waals surface area contributed by atoms with E-state index in [-0.39, 0.29) is 11.8 Å². The fraction of sp³-hybridized carbons (Fsp3) is 0.179. The van der Waals surface area contributed by atoms with Gasteiger partial charge in [0.2, 0.25) is 0 Å². The summed E-state index contributed by atoms with van der Waals surface area (Å²) in [6, 6.07) is 19.9. The Labute approximate surface area is 203 Å². The molecule has 1 aliphatic rings. The Morgan fingerprint density at radius 2 is 1.57 bits per heavy atom. The average molecular weight is 468 g/mol. The van der Waals surface area contributed by atoms with Gasteiger partial charge in [0, 0.05) is 33.6 Å². The summed E-state index contributed by atoms with van der Waals surface area (Å²) in [6.45, 7) is 4.91. The minimum atomic E-state index is -0.281. The summed E-state index contributed by atoms with van der Waals surface area (Å²) >= 11 is 0. The number of fused-ring (bicyclic) bond motifs is 2. The van der Waals surface area contributed by atoms with Crippen LogP contribution in [0.3, 0.4) is 0 Å². The largest absolute Gasteiger partial charge is 0.486 e. The molecule has 1 aliphatic heterocycles. The smallest absolute Gasteiger partial charge is 0.255 e. The molecule has 0 fully saturated rings. The molecule has 4 aromatic rings. The molecule has 35 heavy (non-hydrogen) atoms. The van der Waals surface area contributed by atoms with Gasteiger partial charge < -0.3 is 20.1 Å². The molecule has 0 saturated heterocycles. The van der Waals surface area contributed by atoms with Crippen molar-refractivity contribution < 1.29 is 19.1 Å². The minimum absolute atomic E-state index is 0.232. The van der Waals surface area contributed by atoms with Gasteiger partial charge >= 0.3 is 0 Å². The van der Waals surface area contributed by atoms with E-state index in [1.165, 1.54) is 0 Å².